The molecule has 0 atom stereocenters. The summed E-state index contributed by atoms with van der Waals surface area (Å²) < 4.78 is 5.75. The first-order valence-electron chi connectivity index (χ1n) is 6.52. The van der Waals surface area contributed by atoms with Crippen LogP contribution in [0.3, 0.4) is 0 Å². The predicted octanol–water partition coefficient (Wildman–Crippen LogP) is 5.18. The number of benzene rings is 1. The van der Waals surface area contributed by atoms with Crippen molar-refractivity contribution in [3.05, 3.63) is 58.2 Å². The van der Waals surface area contributed by atoms with Crippen LogP contribution in [-0.2, 0) is 12.5 Å². The van der Waals surface area contributed by atoms with E-state index in [1.165, 1.54) is 0 Å². The summed E-state index contributed by atoms with van der Waals surface area (Å²) in [4.78, 5) is 4.51. The number of hydrogen-bond acceptors (Lipinski definition) is 2. The first-order chi connectivity index (χ1) is 9.58. The van der Waals surface area contributed by atoms with E-state index in [9.17, 15) is 0 Å². The maximum atomic E-state index is 5.91. The maximum absolute atomic E-state index is 5.91. The second-order valence-electron chi connectivity index (χ2n) is 4.94. The monoisotopic (exact) mass is 309 g/mol. The summed E-state index contributed by atoms with van der Waals surface area (Å²) in [5.74, 6) is 1.41. The van der Waals surface area contributed by atoms with Crippen molar-refractivity contribution in [2.24, 2.45) is 0 Å². The zero-order valence-electron chi connectivity index (χ0n) is 11.6. The van der Waals surface area contributed by atoms with Gasteiger partial charge in [-0.3, -0.25) is 0 Å². The van der Waals surface area contributed by atoms with Crippen LogP contribution < -0.4 is 4.74 Å². The van der Waals surface area contributed by atoms with Gasteiger partial charge in [0.05, 0.1) is 0 Å². The smallest absolute Gasteiger partial charge is 0.214 e. The zero-order valence-corrected chi connectivity index (χ0v) is 13.1. The molecule has 0 radical (unpaired) electrons. The lowest BCUT2D eigenvalue weighted by Crippen LogP contribution is -2.01. The second kappa shape index (κ2) is 6.96. The third kappa shape index (κ3) is 4.12. The number of hydrogen-bond donors (Lipinski definition) is 0. The van der Waals surface area contributed by atoms with Crippen molar-refractivity contribution >= 4 is 23.2 Å². The highest BCUT2D eigenvalue weighted by atomic mass is 35.5. The van der Waals surface area contributed by atoms with E-state index in [2.05, 4.69) is 18.8 Å². The molecule has 2 rings (SSSR count). The molecule has 0 aliphatic heterocycles. The van der Waals surface area contributed by atoms with Crippen molar-refractivity contribution < 1.29 is 4.74 Å². The fraction of sp³-hybridized carbons (Fsp3) is 0.312. The molecule has 2 aromatic rings. The maximum Gasteiger partial charge on any atom is 0.214 e. The second-order valence-corrected chi connectivity index (χ2v) is 5.65. The molecule has 0 aliphatic carbocycles. The van der Waals surface area contributed by atoms with Crippen LogP contribution in [-0.4, -0.2) is 4.98 Å². The summed E-state index contributed by atoms with van der Waals surface area (Å²) in [6, 6.07) is 11.5. The number of ether oxygens (including phenoxy) is 1. The van der Waals surface area contributed by atoms with Gasteiger partial charge in [-0.05, 0) is 35.2 Å². The molecular formula is C16H17Cl2NO. The van der Waals surface area contributed by atoms with E-state index in [0.717, 1.165) is 21.8 Å². The van der Waals surface area contributed by atoms with E-state index < -0.39 is 0 Å². The van der Waals surface area contributed by atoms with E-state index in [1.807, 2.05) is 36.4 Å². The Bertz CT molecular complexity index is 567. The average molecular weight is 310 g/mol. The standard InChI is InChI=1S/C16H17Cl2NO/c1-11(2)15-7-13(9-17)8-16(19-15)20-10-12-3-5-14(18)6-4-12/h3-8,11H,9-10H2,1-2H3. The number of pyridine rings is 1. The Morgan fingerprint density at radius 2 is 1.80 bits per heavy atom. The minimum Gasteiger partial charge on any atom is -0.473 e. The molecule has 0 fully saturated rings. The largest absolute Gasteiger partial charge is 0.473 e. The molecule has 0 bridgehead atoms. The molecule has 106 valence electrons. The van der Waals surface area contributed by atoms with Gasteiger partial charge >= 0.3 is 0 Å². The summed E-state index contributed by atoms with van der Waals surface area (Å²) >= 11 is 11.8. The third-order valence-corrected chi connectivity index (χ3v) is 3.49. The molecule has 0 amide bonds. The SMILES string of the molecule is CC(C)c1cc(CCl)cc(OCc2ccc(Cl)cc2)n1. The van der Waals surface area contributed by atoms with Gasteiger partial charge in [0, 0.05) is 22.7 Å². The molecule has 1 aromatic heterocycles. The normalized spacial score (nSPS) is 10.8. The van der Waals surface area contributed by atoms with E-state index >= 15 is 0 Å². The topological polar surface area (TPSA) is 22.1 Å². The van der Waals surface area contributed by atoms with Crippen LogP contribution in [0.4, 0.5) is 0 Å². The Balaban J connectivity index is 2.12. The van der Waals surface area contributed by atoms with Gasteiger partial charge in [-0.15, -0.1) is 11.6 Å². The lowest BCUT2D eigenvalue weighted by atomic mass is 10.1. The molecule has 0 saturated heterocycles. The van der Waals surface area contributed by atoms with Crippen LogP contribution in [0.15, 0.2) is 36.4 Å². The molecule has 2 nitrogen and oxygen atoms in total. The number of rotatable bonds is 5. The Hall–Kier alpha value is -1.25. The lowest BCUT2D eigenvalue weighted by Gasteiger charge is -2.11. The predicted molar refractivity (Wildman–Crippen MR) is 83.7 cm³/mol. The Kier molecular flexibility index (Phi) is 5.27. The van der Waals surface area contributed by atoms with Gasteiger partial charge in [-0.1, -0.05) is 37.6 Å². The Morgan fingerprint density at radius 1 is 1.10 bits per heavy atom. The van der Waals surface area contributed by atoms with E-state index in [1.54, 1.807) is 0 Å². The van der Waals surface area contributed by atoms with E-state index in [4.69, 9.17) is 27.9 Å². The third-order valence-electron chi connectivity index (χ3n) is 2.93. The van der Waals surface area contributed by atoms with Crippen LogP contribution in [0, 0.1) is 0 Å². The van der Waals surface area contributed by atoms with Crippen molar-refractivity contribution in [2.45, 2.75) is 32.3 Å². The molecule has 0 N–H and O–H groups in total. The van der Waals surface area contributed by atoms with Gasteiger partial charge in [0.2, 0.25) is 5.88 Å². The number of alkyl halides is 1. The van der Waals surface area contributed by atoms with Crippen LogP contribution in [0.2, 0.25) is 5.02 Å². The first-order valence-corrected chi connectivity index (χ1v) is 7.44. The summed E-state index contributed by atoms with van der Waals surface area (Å²) in [6.45, 7) is 4.67. The van der Waals surface area contributed by atoms with Gasteiger partial charge in [0.1, 0.15) is 6.61 Å². The molecule has 4 heteroatoms. The molecular weight excluding hydrogens is 293 g/mol. The minimum atomic E-state index is 0.344. The number of nitrogens with zero attached hydrogens (tertiary/aromatic N) is 1. The Labute approximate surface area is 129 Å². The summed E-state index contributed by atoms with van der Waals surface area (Å²) in [6.07, 6.45) is 0. The van der Waals surface area contributed by atoms with Gasteiger partial charge < -0.3 is 4.74 Å². The highest BCUT2D eigenvalue weighted by Gasteiger charge is 2.07. The molecule has 1 aromatic carbocycles. The molecule has 0 unspecified atom stereocenters. The minimum absolute atomic E-state index is 0.344. The first kappa shape index (κ1) is 15.1. The van der Waals surface area contributed by atoms with Gasteiger partial charge in [-0.2, -0.15) is 0 Å². The van der Waals surface area contributed by atoms with Crippen molar-refractivity contribution in [1.82, 2.24) is 4.98 Å². The van der Waals surface area contributed by atoms with Gasteiger partial charge in [0.25, 0.3) is 0 Å². The van der Waals surface area contributed by atoms with Crippen LogP contribution >= 0.6 is 23.2 Å². The van der Waals surface area contributed by atoms with Crippen molar-refractivity contribution in [3.63, 3.8) is 0 Å². The van der Waals surface area contributed by atoms with Crippen LogP contribution in [0.1, 0.15) is 36.6 Å². The van der Waals surface area contributed by atoms with E-state index in [-0.39, 0.29) is 0 Å². The molecule has 1 heterocycles. The molecule has 0 aliphatic rings. The summed E-state index contributed by atoms with van der Waals surface area (Å²) in [5.41, 5.74) is 3.07. The fourth-order valence-electron chi connectivity index (χ4n) is 1.77. The van der Waals surface area contributed by atoms with Gasteiger partial charge in [0.15, 0.2) is 0 Å². The number of aromatic nitrogens is 1. The zero-order chi connectivity index (χ0) is 14.5. The lowest BCUT2D eigenvalue weighted by molar-refractivity contribution is 0.292. The highest BCUT2D eigenvalue weighted by Crippen LogP contribution is 2.21. The quantitative estimate of drug-likeness (QED) is 0.710. The van der Waals surface area contributed by atoms with Gasteiger partial charge in [-0.25, -0.2) is 4.98 Å². The fourth-order valence-corrected chi connectivity index (χ4v) is 2.05. The van der Waals surface area contributed by atoms with Crippen molar-refractivity contribution in [2.75, 3.05) is 0 Å². The number of halogens is 2. The highest BCUT2D eigenvalue weighted by molar-refractivity contribution is 6.30. The summed E-state index contributed by atoms with van der Waals surface area (Å²) in [7, 11) is 0. The van der Waals surface area contributed by atoms with Crippen LogP contribution in [0.25, 0.3) is 0 Å². The molecule has 0 spiro atoms. The van der Waals surface area contributed by atoms with Crippen LogP contribution in [0.5, 0.6) is 5.88 Å². The van der Waals surface area contributed by atoms with Crippen molar-refractivity contribution in [1.29, 1.82) is 0 Å². The average Bonchev–Trinajstić information content (AvgIpc) is 2.46. The Morgan fingerprint density at radius 3 is 2.40 bits per heavy atom. The van der Waals surface area contributed by atoms with E-state index in [0.29, 0.717) is 24.3 Å². The van der Waals surface area contributed by atoms with Crippen molar-refractivity contribution in [3.8, 4) is 5.88 Å². The molecule has 20 heavy (non-hydrogen) atoms. The summed E-state index contributed by atoms with van der Waals surface area (Å²) in [5, 5.41) is 0.720. The molecule has 0 saturated carbocycles.